The van der Waals surface area contributed by atoms with E-state index in [4.69, 9.17) is 0 Å². The van der Waals surface area contributed by atoms with Gasteiger partial charge in [0.1, 0.15) is 7.05 Å². The molecule has 1 heterocycles. The highest BCUT2D eigenvalue weighted by Gasteiger charge is 1.85. The van der Waals surface area contributed by atoms with Crippen molar-refractivity contribution in [3.05, 3.63) is 30.6 Å². The van der Waals surface area contributed by atoms with Crippen molar-refractivity contribution in [1.82, 2.24) is 0 Å². The average molecular weight is 228 g/mol. The van der Waals surface area contributed by atoms with E-state index in [9.17, 15) is 9.46 Å². The van der Waals surface area contributed by atoms with E-state index in [0.29, 0.717) is 0 Å². The largest absolute Gasteiger partial charge is 0.776 e. The smallest absolute Gasteiger partial charge is 0.186 e. The van der Waals surface area contributed by atoms with Gasteiger partial charge in [-0.1, -0.05) is 28.5 Å². The molecule has 0 fully saturated rings. The summed E-state index contributed by atoms with van der Waals surface area (Å²) >= 11 is 8.59. The molecular formula is C6H8Cl2NO2P. The lowest BCUT2D eigenvalue weighted by Gasteiger charge is -1.98. The average Bonchev–Trinajstić information content (AvgIpc) is 1.85. The van der Waals surface area contributed by atoms with Crippen LogP contribution >= 0.6 is 28.6 Å². The zero-order valence-corrected chi connectivity index (χ0v) is 8.76. The standard InChI is InChI=1S/C6H8N.Cl2HO2P/c1-7-5-3-2-4-6-7;1-5(2,3)4/h2-6H,1H3;(H,3,4)/q+1;/p-1. The van der Waals surface area contributed by atoms with E-state index in [1.165, 1.54) is 0 Å². The number of hydrogen-bond acceptors (Lipinski definition) is 2. The molecule has 0 aliphatic rings. The van der Waals surface area contributed by atoms with E-state index in [2.05, 4.69) is 22.5 Å². The molecule has 0 bridgehead atoms. The van der Waals surface area contributed by atoms with Crippen LogP contribution in [0, 0.1) is 0 Å². The molecule has 0 radical (unpaired) electrons. The Hall–Kier alpha value is -0.0800. The highest BCUT2D eigenvalue weighted by Crippen LogP contribution is 2.46. The van der Waals surface area contributed by atoms with Gasteiger partial charge in [-0.3, -0.25) is 0 Å². The van der Waals surface area contributed by atoms with Gasteiger partial charge in [0.25, 0.3) is 0 Å². The van der Waals surface area contributed by atoms with Crippen LogP contribution in [0.3, 0.4) is 0 Å². The number of halogens is 2. The summed E-state index contributed by atoms with van der Waals surface area (Å²) in [5.74, 6) is 0. The van der Waals surface area contributed by atoms with Crippen LogP contribution in [0.25, 0.3) is 0 Å². The lowest BCUT2D eigenvalue weighted by Crippen LogP contribution is -2.25. The van der Waals surface area contributed by atoms with Crippen LogP contribution in [-0.4, -0.2) is 0 Å². The fraction of sp³-hybridized carbons (Fsp3) is 0.167. The normalized spacial score (nSPS) is 10.0. The number of rotatable bonds is 0. The maximum Gasteiger partial charge on any atom is 0.186 e. The predicted molar refractivity (Wildman–Crippen MR) is 46.9 cm³/mol. The van der Waals surface area contributed by atoms with Gasteiger partial charge < -0.3 is 9.46 Å². The highest BCUT2D eigenvalue weighted by molar-refractivity contribution is 8.03. The van der Waals surface area contributed by atoms with Gasteiger partial charge in [0.2, 0.25) is 0 Å². The SMILES string of the molecule is C[n+]1ccccc1.O=P([O-])(Cl)Cl. The van der Waals surface area contributed by atoms with Crippen molar-refractivity contribution in [3.63, 3.8) is 0 Å². The van der Waals surface area contributed by atoms with E-state index in [0.717, 1.165) is 0 Å². The maximum absolute atomic E-state index is 9.19. The Morgan fingerprint density at radius 2 is 1.58 bits per heavy atom. The number of aromatic nitrogens is 1. The highest BCUT2D eigenvalue weighted by atomic mass is 35.9. The third kappa shape index (κ3) is 12.6. The molecule has 0 saturated heterocycles. The molecule has 68 valence electrons. The van der Waals surface area contributed by atoms with E-state index in [-0.39, 0.29) is 0 Å². The molecule has 1 rings (SSSR count). The van der Waals surface area contributed by atoms with E-state index in [1.54, 1.807) is 0 Å². The van der Waals surface area contributed by atoms with E-state index in [1.807, 2.05) is 42.2 Å². The molecule has 0 saturated carbocycles. The molecule has 0 aliphatic carbocycles. The molecule has 12 heavy (non-hydrogen) atoms. The second kappa shape index (κ2) is 5.55. The van der Waals surface area contributed by atoms with Crippen molar-refractivity contribution in [2.24, 2.45) is 7.05 Å². The quantitative estimate of drug-likeness (QED) is 0.498. The maximum atomic E-state index is 9.19. The van der Waals surface area contributed by atoms with E-state index < -0.39 is 6.07 Å². The summed E-state index contributed by atoms with van der Waals surface area (Å²) in [6, 6.07) is 6.00. The molecule has 0 N–H and O–H groups in total. The lowest BCUT2D eigenvalue weighted by molar-refractivity contribution is -0.671. The van der Waals surface area contributed by atoms with Crippen molar-refractivity contribution >= 4 is 28.6 Å². The van der Waals surface area contributed by atoms with Crippen LogP contribution < -0.4 is 9.46 Å². The molecule has 6 heteroatoms. The number of aryl methyl sites for hydroxylation is 1. The Balaban J connectivity index is 0.000000217. The van der Waals surface area contributed by atoms with Crippen LogP contribution in [0.5, 0.6) is 0 Å². The molecule has 0 unspecified atom stereocenters. The zero-order valence-electron chi connectivity index (χ0n) is 6.35. The lowest BCUT2D eigenvalue weighted by atomic mass is 10.5. The minimum absolute atomic E-state index is 2.00. The van der Waals surface area contributed by atoms with Gasteiger partial charge in [0.05, 0.1) is 0 Å². The van der Waals surface area contributed by atoms with Crippen molar-refractivity contribution in [1.29, 1.82) is 0 Å². The minimum Gasteiger partial charge on any atom is -0.776 e. The van der Waals surface area contributed by atoms with Gasteiger partial charge in [0, 0.05) is 12.1 Å². The number of nitrogens with zero attached hydrogens (tertiary/aromatic N) is 1. The van der Waals surface area contributed by atoms with Gasteiger partial charge in [0.15, 0.2) is 18.5 Å². The van der Waals surface area contributed by atoms with Crippen LogP contribution in [-0.2, 0) is 11.6 Å². The van der Waals surface area contributed by atoms with Crippen LogP contribution in [0.15, 0.2) is 30.6 Å². The molecule has 0 atom stereocenters. The summed E-state index contributed by atoms with van der Waals surface area (Å²) in [5, 5.41) is 0. The van der Waals surface area contributed by atoms with Gasteiger partial charge in [-0.25, -0.2) is 4.57 Å². The Labute approximate surface area is 80.6 Å². The van der Waals surface area contributed by atoms with Crippen LogP contribution in [0.2, 0.25) is 0 Å². The third-order valence-corrected chi connectivity index (χ3v) is 0.865. The monoisotopic (exact) mass is 227 g/mol. The van der Waals surface area contributed by atoms with Crippen molar-refractivity contribution < 1.29 is 14.0 Å². The fourth-order valence-electron chi connectivity index (χ4n) is 0.485. The third-order valence-electron chi connectivity index (χ3n) is 0.865. The first-order valence-electron chi connectivity index (χ1n) is 3.00. The molecule has 0 amide bonds. The van der Waals surface area contributed by atoms with Gasteiger partial charge in [-0.05, 0) is 0 Å². The molecular weight excluding hydrogens is 220 g/mol. The Bertz CT molecular complexity index is 253. The summed E-state index contributed by atoms with van der Waals surface area (Å²) in [5.41, 5.74) is 0. The summed E-state index contributed by atoms with van der Waals surface area (Å²) in [7, 11) is 2.00. The predicted octanol–water partition coefficient (Wildman–Crippen LogP) is 1.44. The number of pyridine rings is 1. The molecule has 1 aromatic rings. The van der Waals surface area contributed by atoms with Crippen molar-refractivity contribution in [2.45, 2.75) is 0 Å². The van der Waals surface area contributed by atoms with Gasteiger partial charge >= 0.3 is 0 Å². The Morgan fingerprint density at radius 3 is 1.75 bits per heavy atom. The Kier molecular flexibility index (Phi) is 5.51. The fourth-order valence-corrected chi connectivity index (χ4v) is 0.485. The van der Waals surface area contributed by atoms with Gasteiger partial charge in [-0.2, -0.15) is 0 Å². The zero-order chi connectivity index (χ0) is 9.61. The first kappa shape index (κ1) is 11.9. The minimum atomic E-state index is -3.94. The molecule has 1 aromatic heterocycles. The number of hydrogen-bond donors (Lipinski definition) is 0. The summed E-state index contributed by atoms with van der Waals surface area (Å²) in [4.78, 5) is 9.19. The second-order valence-corrected chi connectivity index (χ2v) is 5.97. The topological polar surface area (TPSA) is 44.0 Å². The van der Waals surface area contributed by atoms with Crippen molar-refractivity contribution in [2.75, 3.05) is 0 Å². The summed E-state index contributed by atoms with van der Waals surface area (Å²) in [6.45, 7) is 0. The molecule has 0 spiro atoms. The molecule has 0 aromatic carbocycles. The van der Waals surface area contributed by atoms with Crippen LogP contribution in [0.4, 0.5) is 0 Å². The first-order valence-corrected chi connectivity index (χ1v) is 6.43. The second-order valence-electron chi connectivity index (χ2n) is 1.96. The Morgan fingerprint density at radius 1 is 1.25 bits per heavy atom. The summed E-state index contributed by atoms with van der Waals surface area (Å²) in [6.07, 6.45) is 0.0556. The van der Waals surface area contributed by atoms with Crippen LogP contribution in [0.1, 0.15) is 0 Å². The first-order chi connectivity index (χ1) is 5.39. The van der Waals surface area contributed by atoms with Crippen molar-refractivity contribution in [3.8, 4) is 0 Å². The molecule has 0 aliphatic heterocycles. The van der Waals surface area contributed by atoms with E-state index >= 15 is 0 Å². The van der Waals surface area contributed by atoms with Gasteiger partial charge in [-0.15, -0.1) is 0 Å². The summed E-state index contributed by atoms with van der Waals surface area (Å²) < 4.78 is 11.2. The molecule has 3 nitrogen and oxygen atoms in total.